The summed E-state index contributed by atoms with van der Waals surface area (Å²) in [5.74, 6) is 2.81. The van der Waals surface area contributed by atoms with Gasteiger partial charge in [0.2, 0.25) is 0 Å². The Hall–Kier alpha value is -3.00. The number of nitrogens with one attached hydrogen (secondary N) is 1. The number of hydrogen-bond acceptors (Lipinski definition) is 7. The first-order valence-electron chi connectivity index (χ1n) is 9.83. The molecule has 4 rings (SSSR count). The van der Waals surface area contributed by atoms with Crippen LogP contribution in [0.1, 0.15) is 44.2 Å². The third-order valence-corrected chi connectivity index (χ3v) is 5.05. The van der Waals surface area contributed by atoms with Gasteiger partial charge in [-0.15, -0.1) is 0 Å². The standard InChI is InChI=1S/C21H26N6O2/c1-11(2)27-20-17(10-23-27)16(21-25-19(26-29-21)7-12(3)22-6)9-18(24-20)15-8-13(4)28-14(15)5/h8-12,22H,7H2,1-6H3. The molecule has 0 amide bonds. The van der Waals surface area contributed by atoms with E-state index >= 15 is 0 Å². The zero-order valence-electron chi connectivity index (χ0n) is 17.6. The fourth-order valence-corrected chi connectivity index (χ4v) is 3.42. The van der Waals surface area contributed by atoms with Gasteiger partial charge in [-0.1, -0.05) is 5.16 Å². The van der Waals surface area contributed by atoms with E-state index in [-0.39, 0.29) is 12.1 Å². The van der Waals surface area contributed by atoms with Gasteiger partial charge in [0.15, 0.2) is 11.5 Å². The van der Waals surface area contributed by atoms with Crippen molar-refractivity contribution in [2.45, 2.75) is 53.1 Å². The molecule has 29 heavy (non-hydrogen) atoms. The number of likely N-dealkylation sites (N-methyl/N-ethyl adjacent to an activating group) is 1. The van der Waals surface area contributed by atoms with Crippen molar-refractivity contribution < 1.29 is 8.94 Å². The molecule has 1 atom stereocenters. The number of aryl methyl sites for hydroxylation is 2. The predicted octanol–water partition coefficient (Wildman–Crippen LogP) is 4.09. The largest absolute Gasteiger partial charge is 0.466 e. The van der Waals surface area contributed by atoms with Crippen molar-refractivity contribution in [3.8, 4) is 22.7 Å². The second-order valence-corrected chi connectivity index (χ2v) is 7.71. The number of rotatable bonds is 6. The quantitative estimate of drug-likeness (QED) is 0.526. The Morgan fingerprint density at radius 1 is 1.10 bits per heavy atom. The molecule has 0 aliphatic rings. The van der Waals surface area contributed by atoms with Gasteiger partial charge >= 0.3 is 0 Å². The van der Waals surface area contributed by atoms with Crippen molar-refractivity contribution in [3.63, 3.8) is 0 Å². The smallest absolute Gasteiger partial charge is 0.258 e. The van der Waals surface area contributed by atoms with Gasteiger partial charge in [-0.2, -0.15) is 10.1 Å². The molecule has 1 N–H and O–H groups in total. The summed E-state index contributed by atoms with van der Waals surface area (Å²) < 4.78 is 13.3. The topological polar surface area (TPSA) is 94.8 Å². The van der Waals surface area contributed by atoms with E-state index in [0.29, 0.717) is 18.1 Å². The highest BCUT2D eigenvalue weighted by Gasteiger charge is 2.21. The van der Waals surface area contributed by atoms with Gasteiger partial charge in [0, 0.05) is 24.1 Å². The number of pyridine rings is 1. The van der Waals surface area contributed by atoms with Crippen molar-refractivity contribution in [2.75, 3.05) is 7.05 Å². The SMILES string of the molecule is CNC(C)Cc1noc(-c2cc(-c3cc(C)oc3C)nc3c2cnn3C(C)C)n1. The van der Waals surface area contributed by atoms with E-state index in [2.05, 4.69) is 41.3 Å². The lowest BCUT2D eigenvalue weighted by atomic mass is 10.1. The maximum atomic E-state index is 5.73. The highest BCUT2D eigenvalue weighted by molar-refractivity contribution is 5.93. The van der Waals surface area contributed by atoms with Gasteiger partial charge < -0.3 is 14.3 Å². The molecule has 0 radical (unpaired) electrons. The molecule has 0 saturated carbocycles. The second kappa shape index (κ2) is 7.44. The summed E-state index contributed by atoms with van der Waals surface area (Å²) >= 11 is 0. The average molecular weight is 394 g/mol. The molecule has 0 bridgehead atoms. The minimum Gasteiger partial charge on any atom is -0.466 e. The fraction of sp³-hybridized carbons (Fsp3) is 0.429. The highest BCUT2D eigenvalue weighted by atomic mass is 16.5. The molecule has 8 nitrogen and oxygen atoms in total. The molecule has 0 spiro atoms. The predicted molar refractivity (Wildman–Crippen MR) is 111 cm³/mol. The molecule has 8 heteroatoms. The fourth-order valence-electron chi connectivity index (χ4n) is 3.42. The van der Waals surface area contributed by atoms with Crippen LogP contribution in [0.5, 0.6) is 0 Å². The molecule has 0 aliphatic heterocycles. The Labute approximate surface area is 169 Å². The zero-order chi connectivity index (χ0) is 20.7. The van der Waals surface area contributed by atoms with E-state index in [4.69, 9.17) is 13.9 Å². The summed E-state index contributed by atoms with van der Waals surface area (Å²) in [7, 11) is 1.92. The Morgan fingerprint density at radius 3 is 2.55 bits per heavy atom. The highest BCUT2D eigenvalue weighted by Crippen LogP contribution is 2.34. The molecule has 0 fully saturated rings. The molecular formula is C21H26N6O2. The number of nitrogens with zero attached hydrogens (tertiary/aromatic N) is 5. The van der Waals surface area contributed by atoms with E-state index in [0.717, 1.165) is 39.4 Å². The zero-order valence-corrected chi connectivity index (χ0v) is 17.6. The van der Waals surface area contributed by atoms with Crippen molar-refractivity contribution in [1.29, 1.82) is 0 Å². The molecule has 4 aromatic heterocycles. The summed E-state index contributed by atoms with van der Waals surface area (Å²) in [5, 5.41) is 12.8. The maximum absolute atomic E-state index is 5.73. The minimum absolute atomic E-state index is 0.171. The molecule has 0 saturated heterocycles. The number of fused-ring (bicyclic) bond motifs is 1. The van der Waals surface area contributed by atoms with E-state index in [9.17, 15) is 0 Å². The molecule has 152 valence electrons. The van der Waals surface area contributed by atoms with E-state index in [1.807, 2.05) is 43.9 Å². The Bertz CT molecular complexity index is 1150. The minimum atomic E-state index is 0.171. The van der Waals surface area contributed by atoms with Crippen molar-refractivity contribution in [3.05, 3.63) is 35.7 Å². The number of furan rings is 1. The summed E-state index contributed by atoms with van der Waals surface area (Å²) in [5.41, 5.74) is 3.36. The average Bonchev–Trinajstić information content (AvgIpc) is 3.39. The Balaban J connectivity index is 1.90. The van der Waals surface area contributed by atoms with Gasteiger partial charge in [-0.25, -0.2) is 9.67 Å². The normalized spacial score (nSPS) is 12.9. The van der Waals surface area contributed by atoms with Crippen LogP contribution >= 0.6 is 0 Å². The van der Waals surface area contributed by atoms with Crippen molar-refractivity contribution in [2.24, 2.45) is 0 Å². The molecule has 0 aliphatic carbocycles. The number of hydrogen-bond donors (Lipinski definition) is 1. The summed E-state index contributed by atoms with van der Waals surface area (Å²) in [6.45, 7) is 10.1. The first kappa shape index (κ1) is 19.3. The molecule has 1 unspecified atom stereocenters. The van der Waals surface area contributed by atoms with Gasteiger partial charge in [0.1, 0.15) is 11.5 Å². The van der Waals surface area contributed by atoms with Gasteiger partial charge in [-0.05, 0) is 53.8 Å². The molecule has 4 heterocycles. The van der Waals surface area contributed by atoms with Crippen molar-refractivity contribution in [1.82, 2.24) is 30.2 Å². The van der Waals surface area contributed by atoms with Crippen LogP contribution in [0.25, 0.3) is 33.7 Å². The van der Waals surface area contributed by atoms with Crippen LogP contribution in [0.4, 0.5) is 0 Å². The van der Waals surface area contributed by atoms with Crippen LogP contribution < -0.4 is 5.32 Å². The van der Waals surface area contributed by atoms with Crippen LogP contribution in [0.3, 0.4) is 0 Å². The van der Waals surface area contributed by atoms with E-state index < -0.39 is 0 Å². The third kappa shape index (κ3) is 3.55. The van der Waals surface area contributed by atoms with E-state index in [1.54, 1.807) is 0 Å². The van der Waals surface area contributed by atoms with Gasteiger partial charge in [-0.3, -0.25) is 0 Å². The third-order valence-electron chi connectivity index (χ3n) is 5.05. The maximum Gasteiger partial charge on any atom is 0.258 e. The van der Waals surface area contributed by atoms with E-state index in [1.165, 1.54) is 0 Å². The monoisotopic (exact) mass is 394 g/mol. The lowest BCUT2D eigenvalue weighted by Gasteiger charge is -2.09. The van der Waals surface area contributed by atoms with Gasteiger partial charge in [0.05, 0.1) is 22.8 Å². The van der Waals surface area contributed by atoms with Crippen LogP contribution in [-0.4, -0.2) is 38.0 Å². The molecule has 0 aromatic carbocycles. The van der Waals surface area contributed by atoms with Crippen LogP contribution in [-0.2, 0) is 6.42 Å². The summed E-state index contributed by atoms with van der Waals surface area (Å²) in [6, 6.07) is 4.40. The number of aromatic nitrogens is 5. The lowest BCUT2D eigenvalue weighted by Crippen LogP contribution is -2.24. The van der Waals surface area contributed by atoms with Gasteiger partial charge in [0.25, 0.3) is 5.89 Å². The first-order chi connectivity index (χ1) is 13.9. The Kier molecular flexibility index (Phi) is 4.96. The molecular weight excluding hydrogens is 368 g/mol. The molecule has 4 aromatic rings. The van der Waals surface area contributed by atoms with Crippen LogP contribution in [0, 0.1) is 13.8 Å². The Morgan fingerprint density at radius 2 is 1.90 bits per heavy atom. The summed E-state index contributed by atoms with van der Waals surface area (Å²) in [6.07, 6.45) is 2.50. The lowest BCUT2D eigenvalue weighted by molar-refractivity contribution is 0.418. The van der Waals surface area contributed by atoms with Crippen LogP contribution in [0.15, 0.2) is 27.3 Å². The second-order valence-electron chi connectivity index (χ2n) is 7.71. The summed E-state index contributed by atoms with van der Waals surface area (Å²) in [4.78, 5) is 9.53. The first-order valence-corrected chi connectivity index (χ1v) is 9.83. The van der Waals surface area contributed by atoms with Crippen LogP contribution in [0.2, 0.25) is 0 Å². The van der Waals surface area contributed by atoms with Crippen molar-refractivity contribution >= 4 is 11.0 Å².